The fraction of sp³-hybridized carbons (Fsp3) is 0.250. The molecule has 1 unspecified atom stereocenters. The quantitative estimate of drug-likeness (QED) is 0.834. The smallest absolute Gasteiger partial charge is 0.306 e. The van der Waals surface area contributed by atoms with E-state index in [-0.39, 0.29) is 6.54 Å². The van der Waals surface area contributed by atoms with Gasteiger partial charge in [-0.25, -0.2) is 14.1 Å². The molecule has 2 N–H and O–H groups in total. The average molecular weight is 265 g/mol. The summed E-state index contributed by atoms with van der Waals surface area (Å²) in [7, 11) is 0. The number of benzene rings is 1. The first-order valence-corrected chi connectivity index (χ1v) is 5.52. The van der Waals surface area contributed by atoms with Crippen LogP contribution in [-0.2, 0) is 16.9 Å². The molecule has 2 rings (SSSR count). The number of rotatable bonds is 5. The Morgan fingerprint density at radius 1 is 1.37 bits per heavy atom. The molecular formula is C12H12FN3O3. The second-order valence-corrected chi connectivity index (χ2v) is 4.20. The molecule has 1 aromatic carbocycles. The summed E-state index contributed by atoms with van der Waals surface area (Å²) in [6.07, 6.45) is 2.14. The molecule has 0 saturated carbocycles. The lowest BCUT2D eigenvalue weighted by atomic mass is 9.90. The van der Waals surface area contributed by atoms with Crippen LogP contribution in [0.2, 0.25) is 0 Å². The minimum absolute atomic E-state index is 0.0784. The first kappa shape index (κ1) is 13.2. The fourth-order valence-electron chi connectivity index (χ4n) is 1.84. The van der Waals surface area contributed by atoms with Crippen molar-refractivity contribution in [1.82, 2.24) is 14.8 Å². The topological polar surface area (TPSA) is 88.2 Å². The van der Waals surface area contributed by atoms with Crippen LogP contribution in [0.25, 0.3) is 0 Å². The molecule has 0 radical (unpaired) electrons. The predicted octanol–water partition coefficient (Wildman–Crippen LogP) is 0.780. The largest absolute Gasteiger partial charge is 0.481 e. The maximum Gasteiger partial charge on any atom is 0.306 e. The Kier molecular flexibility index (Phi) is 3.57. The Morgan fingerprint density at radius 2 is 2.05 bits per heavy atom. The van der Waals surface area contributed by atoms with Crippen molar-refractivity contribution in [2.24, 2.45) is 0 Å². The minimum atomic E-state index is -1.67. The summed E-state index contributed by atoms with van der Waals surface area (Å²) in [5.41, 5.74) is -1.36. The zero-order valence-electron chi connectivity index (χ0n) is 9.90. The molecule has 0 amide bonds. The SMILES string of the molecule is O=C(O)CC(O)(Cn1cncn1)c1ccc(F)cc1. The van der Waals surface area contributed by atoms with E-state index < -0.39 is 23.8 Å². The number of carboxylic acid groups (broad SMARTS) is 1. The molecule has 0 aliphatic rings. The Labute approximate surface area is 108 Å². The molecule has 0 fully saturated rings. The van der Waals surface area contributed by atoms with Crippen LogP contribution in [0.1, 0.15) is 12.0 Å². The number of aliphatic carboxylic acids is 1. The maximum atomic E-state index is 12.9. The van der Waals surface area contributed by atoms with Crippen molar-refractivity contribution in [2.75, 3.05) is 0 Å². The van der Waals surface area contributed by atoms with Crippen molar-refractivity contribution in [2.45, 2.75) is 18.6 Å². The zero-order chi connectivity index (χ0) is 13.9. The standard InChI is InChI=1S/C12H12FN3O3/c13-10-3-1-9(2-4-10)12(19,5-11(17)18)6-16-8-14-7-15-16/h1-4,7-8,19H,5-6H2,(H,17,18). The Bertz CT molecular complexity index is 556. The highest BCUT2D eigenvalue weighted by Crippen LogP contribution is 2.27. The van der Waals surface area contributed by atoms with Crippen LogP contribution in [0.5, 0.6) is 0 Å². The summed E-state index contributed by atoms with van der Waals surface area (Å²) in [5.74, 6) is -1.62. The molecule has 0 aliphatic heterocycles. The van der Waals surface area contributed by atoms with Gasteiger partial charge in [0.2, 0.25) is 0 Å². The van der Waals surface area contributed by atoms with Gasteiger partial charge in [0, 0.05) is 0 Å². The molecule has 19 heavy (non-hydrogen) atoms. The fourth-order valence-corrected chi connectivity index (χ4v) is 1.84. The van der Waals surface area contributed by atoms with Crippen LogP contribution in [0.15, 0.2) is 36.9 Å². The van der Waals surface area contributed by atoms with Crippen LogP contribution < -0.4 is 0 Å². The number of hydrogen-bond acceptors (Lipinski definition) is 4. The zero-order valence-corrected chi connectivity index (χ0v) is 9.90. The second kappa shape index (κ2) is 5.15. The lowest BCUT2D eigenvalue weighted by Gasteiger charge is -2.26. The molecule has 0 aliphatic carbocycles. The number of carboxylic acids is 1. The van der Waals surface area contributed by atoms with E-state index in [0.29, 0.717) is 5.56 Å². The molecule has 0 spiro atoms. The van der Waals surface area contributed by atoms with Crippen molar-refractivity contribution >= 4 is 5.97 Å². The van der Waals surface area contributed by atoms with Crippen LogP contribution in [0, 0.1) is 5.82 Å². The molecule has 1 aromatic heterocycles. The summed E-state index contributed by atoms with van der Waals surface area (Å²) >= 11 is 0. The first-order chi connectivity index (χ1) is 8.99. The molecule has 1 heterocycles. The average Bonchev–Trinajstić information content (AvgIpc) is 2.81. The highest BCUT2D eigenvalue weighted by Gasteiger charge is 2.33. The molecular weight excluding hydrogens is 253 g/mol. The van der Waals surface area contributed by atoms with Gasteiger partial charge in [-0.1, -0.05) is 12.1 Å². The molecule has 0 bridgehead atoms. The monoisotopic (exact) mass is 265 g/mol. The van der Waals surface area contributed by atoms with E-state index in [9.17, 15) is 14.3 Å². The molecule has 1 atom stereocenters. The summed E-state index contributed by atoms with van der Waals surface area (Å²) in [6, 6.07) is 5.05. The van der Waals surface area contributed by atoms with Crippen molar-refractivity contribution in [3.05, 3.63) is 48.3 Å². The number of carbonyl (C=O) groups is 1. The third-order valence-electron chi connectivity index (χ3n) is 2.72. The third kappa shape index (κ3) is 3.14. The van der Waals surface area contributed by atoms with Crippen LogP contribution in [-0.4, -0.2) is 30.9 Å². The van der Waals surface area contributed by atoms with Crippen LogP contribution >= 0.6 is 0 Å². The molecule has 2 aromatic rings. The minimum Gasteiger partial charge on any atom is -0.481 e. The number of nitrogens with zero attached hydrogens (tertiary/aromatic N) is 3. The highest BCUT2D eigenvalue weighted by atomic mass is 19.1. The van der Waals surface area contributed by atoms with E-state index in [2.05, 4.69) is 10.1 Å². The van der Waals surface area contributed by atoms with Gasteiger partial charge in [-0.3, -0.25) is 4.79 Å². The summed E-state index contributed by atoms with van der Waals surface area (Å²) in [4.78, 5) is 14.6. The van der Waals surface area contributed by atoms with Gasteiger partial charge in [-0.05, 0) is 17.7 Å². The normalized spacial score (nSPS) is 14.0. The number of hydrogen-bond donors (Lipinski definition) is 2. The summed E-state index contributed by atoms with van der Waals surface area (Å²) < 4.78 is 14.2. The van der Waals surface area contributed by atoms with E-state index >= 15 is 0 Å². The number of halogens is 1. The molecule has 6 nitrogen and oxygen atoms in total. The molecule has 100 valence electrons. The summed E-state index contributed by atoms with van der Waals surface area (Å²) in [5, 5.41) is 23.3. The van der Waals surface area contributed by atoms with Crippen molar-refractivity contribution < 1.29 is 19.4 Å². The van der Waals surface area contributed by atoms with E-state index in [0.717, 1.165) is 0 Å². The highest BCUT2D eigenvalue weighted by molar-refractivity contribution is 5.68. The lowest BCUT2D eigenvalue weighted by molar-refractivity contribution is -0.143. The van der Waals surface area contributed by atoms with E-state index in [4.69, 9.17) is 5.11 Å². The summed E-state index contributed by atoms with van der Waals surface area (Å²) in [6.45, 7) is -0.0784. The van der Waals surface area contributed by atoms with Gasteiger partial charge in [0.1, 0.15) is 24.1 Å². The first-order valence-electron chi connectivity index (χ1n) is 5.52. The number of aliphatic hydroxyl groups is 1. The van der Waals surface area contributed by atoms with Gasteiger partial charge < -0.3 is 10.2 Å². The molecule has 0 saturated heterocycles. The van der Waals surface area contributed by atoms with E-state index in [1.54, 1.807) is 0 Å². The predicted molar refractivity (Wildman–Crippen MR) is 62.6 cm³/mol. The van der Waals surface area contributed by atoms with Gasteiger partial charge in [-0.15, -0.1) is 0 Å². The lowest BCUT2D eigenvalue weighted by Crippen LogP contribution is -2.34. The van der Waals surface area contributed by atoms with Crippen molar-refractivity contribution in [3.8, 4) is 0 Å². The molecule has 7 heteroatoms. The van der Waals surface area contributed by atoms with Gasteiger partial charge in [0.25, 0.3) is 0 Å². The second-order valence-electron chi connectivity index (χ2n) is 4.20. The van der Waals surface area contributed by atoms with Crippen molar-refractivity contribution in [3.63, 3.8) is 0 Å². The van der Waals surface area contributed by atoms with Crippen molar-refractivity contribution in [1.29, 1.82) is 0 Å². The van der Waals surface area contributed by atoms with Crippen LogP contribution in [0.3, 0.4) is 0 Å². The van der Waals surface area contributed by atoms with Gasteiger partial charge >= 0.3 is 5.97 Å². The maximum absolute atomic E-state index is 12.9. The third-order valence-corrected chi connectivity index (χ3v) is 2.72. The van der Waals surface area contributed by atoms with E-state index in [1.165, 1.54) is 41.6 Å². The number of aromatic nitrogens is 3. The Hall–Kier alpha value is -2.28. The Morgan fingerprint density at radius 3 is 2.58 bits per heavy atom. The van der Waals surface area contributed by atoms with Gasteiger partial charge in [0.15, 0.2) is 0 Å². The Balaban J connectivity index is 2.33. The van der Waals surface area contributed by atoms with Crippen LogP contribution in [0.4, 0.5) is 4.39 Å². The van der Waals surface area contributed by atoms with Gasteiger partial charge in [0.05, 0.1) is 13.0 Å². The van der Waals surface area contributed by atoms with Gasteiger partial charge in [-0.2, -0.15) is 5.10 Å². The van der Waals surface area contributed by atoms with E-state index in [1.807, 2.05) is 0 Å².